The molecule has 0 aliphatic heterocycles. The van der Waals surface area contributed by atoms with Crippen LogP contribution in [0.1, 0.15) is 34.6 Å². The number of amides is 1. The first kappa shape index (κ1) is 12.9. The molecule has 1 saturated carbocycles. The third-order valence-electron chi connectivity index (χ3n) is 2.87. The van der Waals surface area contributed by atoms with E-state index in [1.165, 1.54) is 13.0 Å². The Morgan fingerprint density at radius 1 is 1.44 bits per heavy atom. The predicted molar refractivity (Wildman–Crippen MR) is 59.0 cm³/mol. The van der Waals surface area contributed by atoms with Crippen molar-refractivity contribution in [1.29, 1.82) is 0 Å². The Morgan fingerprint density at radius 2 is 2.11 bits per heavy atom. The van der Waals surface area contributed by atoms with Gasteiger partial charge in [-0.15, -0.1) is 0 Å². The third kappa shape index (κ3) is 3.00. The van der Waals surface area contributed by atoms with Gasteiger partial charge in [-0.2, -0.15) is 13.2 Å². The smallest absolute Gasteiger partial charge is 0.352 e. The molecule has 1 aromatic heterocycles. The fourth-order valence-corrected chi connectivity index (χ4v) is 1.61. The van der Waals surface area contributed by atoms with Gasteiger partial charge in [0.05, 0.1) is 11.3 Å². The summed E-state index contributed by atoms with van der Waals surface area (Å²) < 4.78 is 37.2. The predicted octanol–water partition coefficient (Wildman–Crippen LogP) is 2.55. The minimum atomic E-state index is -4.48. The van der Waals surface area contributed by atoms with E-state index in [4.69, 9.17) is 0 Å². The van der Waals surface area contributed by atoms with E-state index >= 15 is 0 Å². The van der Waals surface area contributed by atoms with Gasteiger partial charge in [0.15, 0.2) is 0 Å². The molecule has 1 aromatic rings. The van der Waals surface area contributed by atoms with Crippen LogP contribution < -0.4 is 5.32 Å². The summed E-state index contributed by atoms with van der Waals surface area (Å²) in [5.41, 5.74) is -0.680. The number of hydrogen-bond donors (Lipinski definition) is 1. The highest BCUT2D eigenvalue weighted by atomic mass is 19.4. The molecule has 1 amide bonds. The van der Waals surface area contributed by atoms with Gasteiger partial charge in [0.25, 0.3) is 5.91 Å². The van der Waals surface area contributed by atoms with Crippen molar-refractivity contribution in [3.05, 3.63) is 29.1 Å². The zero-order valence-corrected chi connectivity index (χ0v) is 9.84. The fourth-order valence-electron chi connectivity index (χ4n) is 1.61. The van der Waals surface area contributed by atoms with Gasteiger partial charge in [0, 0.05) is 6.54 Å². The standard InChI is InChI=1S/C12H13F3N2O/c1-7-9(11(18)16-6-8-2-3-8)4-5-10(17-7)12(13,14)15/h4-5,8H,2-3,6H2,1H3,(H,16,18). The quantitative estimate of drug-likeness (QED) is 0.905. The number of carbonyl (C=O) groups excluding carboxylic acids is 1. The Kier molecular flexibility index (Phi) is 3.28. The number of aromatic nitrogens is 1. The molecule has 0 radical (unpaired) electrons. The number of halogens is 3. The van der Waals surface area contributed by atoms with E-state index in [0.29, 0.717) is 12.5 Å². The molecule has 0 aromatic carbocycles. The van der Waals surface area contributed by atoms with E-state index < -0.39 is 11.9 Å². The summed E-state index contributed by atoms with van der Waals surface area (Å²) in [5, 5.41) is 2.70. The lowest BCUT2D eigenvalue weighted by Gasteiger charge is -2.10. The SMILES string of the molecule is Cc1nc(C(F)(F)F)ccc1C(=O)NCC1CC1. The van der Waals surface area contributed by atoms with Crippen LogP contribution in [-0.4, -0.2) is 17.4 Å². The van der Waals surface area contributed by atoms with Gasteiger partial charge in [-0.3, -0.25) is 4.79 Å². The second-order valence-electron chi connectivity index (χ2n) is 4.48. The molecule has 2 rings (SSSR count). The highest BCUT2D eigenvalue weighted by Gasteiger charge is 2.33. The van der Waals surface area contributed by atoms with Crippen LogP contribution in [-0.2, 0) is 6.18 Å². The molecule has 1 fully saturated rings. The van der Waals surface area contributed by atoms with Crippen LogP contribution in [0.3, 0.4) is 0 Å². The average Bonchev–Trinajstić information content (AvgIpc) is 3.08. The van der Waals surface area contributed by atoms with Crippen molar-refractivity contribution in [2.75, 3.05) is 6.54 Å². The first-order chi connectivity index (χ1) is 8.38. The molecule has 0 saturated heterocycles. The zero-order valence-electron chi connectivity index (χ0n) is 9.84. The molecule has 1 aliphatic rings. The largest absolute Gasteiger partial charge is 0.433 e. The van der Waals surface area contributed by atoms with Crippen molar-refractivity contribution in [1.82, 2.24) is 10.3 Å². The minimum absolute atomic E-state index is 0.0955. The topological polar surface area (TPSA) is 42.0 Å². The molecule has 0 atom stereocenters. The Balaban J connectivity index is 2.10. The Hall–Kier alpha value is -1.59. The first-order valence-corrected chi connectivity index (χ1v) is 5.71. The lowest BCUT2D eigenvalue weighted by Crippen LogP contribution is -2.26. The Morgan fingerprint density at radius 3 is 2.61 bits per heavy atom. The summed E-state index contributed by atoms with van der Waals surface area (Å²) >= 11 is 0. The monoisotopic (exact) mass is 258 g/mol. The summed E-state index contributed by atoms with van der Waals surface area (Å²) in [4.78, 5) is 15.1. The van der Waals surface area contributed by atoms with Gasteiger partial charge >= 0.3 is 6.18 Å². The van der Waals surface area contributed by atoms with Crippen LogP contribution >= 0.6 is 0 Å². The van der Waals surface area contributed by atoms with E-state index in [9.17, 15) is 18.0 Å². The van der Waals surface area contributed by atoms with Crippen molar-refractivity contribution in [3.8, 4) is 0 Å². The van der Waals surface area contributed by atoms with Crippen LogP contribution in [0.4, 0.5) is 13.2 Å². The van der Waals surface area contributed by atoms with E-state index in [1.807, 2.05) is 0 Å². The maximum atomic E-state index is 12.4. The number of aryl methyl sites for hydroxylation is 1. The lowest BCUT2D eigenvalue weighted by atomic mass is 10.1. The molecular formula is C12H13F3N2O. The van der Waals surface area contributed by atoms with E-state index in [1.54, 1.807) is 0 Å². The number of carbonyl (C=O) groups is 1. The molecule has 1 heterocycles. The summed E-state index contributed by atoms with van der Waals surface area (Å²) in [5.74, 6) is 0.164. The molecule has 6 heteroatoms. The molecule has 1 N–H and O–H groups in total. The molecule has 0 unspecified atom stereocenters. The number of nitrogens with one attached hydrogen (secondary N) is 1. The van der Waals surface area contributed by atoms with Gasteiger partial charge in [0.2, 0.25) is 0 Å². The van der Waals surface area contributed by atoms with Gasteiger partial charge in [0.1, 0.15) is 5.69 Å². The van der Waals surface area contributed by atoms with Crippen LogP contribution in [0.25, 0.3) is 0 Å². The summed E-state index contributed by atoms with van der Waals surface area (Å²) in [7, 11) is 0. The maximum Gasteiger partial charge on any atom is 0.433 e. The van der Waals surface area contributed by atoms with Crippen LogP contribution in [0.2, 0.25) is 0 Å². The number of alkyl halides is 3. The first-order valence-electron chi connectivity index (χ1n) is 5.71. The van der Waals surface area contributed by atoms with Crippen molar-refractivity contribution in [2.45, 2.75) is 25.9 Å². The van der Waals surface area contributed by atoms with Crippen LogP contribution in [0, 0.1) is 12.8 Å². The van der Waals surface area contributed by atoms with Gasteiger partial charge < -0.3 is 5.32 Å². The Bertz CT molecular complexity index is 467. The third-order valence-corrected chi connectivity index (χ3v) is 2.87. The minimum Gasteiger partial charge on any atom is -0.352 e. The van der Waals surface area contributed by atoms with Crippen molar-refractivity contribution in [2.24, 2.45) is 5.92 Å². The van der Waals surface area contributed by atoms with Crippen molar-refractivity contribution in [3.63, 3.8) is 0 Å². The van der Waals surface area contributed by atoms with Crippen LogP contribution in [0.15, 0.2) is 12.1 Å². The molecular weight excluding hydrogens is 245 g/mol. The van der Waals surface area contributed by atoms with E-state index in [2.05, 4.69) is 10.3 Å². The Labute approximate surface area is 102 Å². The summed E-state index contributed by atoms with van der Waals surface area (Å²) in [6.07, 6.45) is -2.27. The number of rotatable bonds is 3. The van der Waals surface area contributed by atoms with Gasteiger partial charge in [-0.25, -0.2) is 4.98 Å². The fraction of sp³-hybridized carbons (Fsp3) is 0.500. The maximum absolute atomic E-state index is 12.4. The number of hydrogen-bond acceptors (Lipinski definition) is 2. The van der Waals surface area contributed by atoms with Gasteiger partial charge in [-0.05, 0) is 37.8 Å². The molecule has 0 bridgehead atoms. The average molecular weight is 258 g/mol. The zero-order chi connectivity index (χ0) is 13.3. The number of nitrogens with zero attached hydrogens (tertiary/aromatic N) is 1. The molecule has 3 nitrogen and oxygen atoms in total. The number of pyridine rings is 1. The van der Waals surface area contributed by atoms with E-state index in [-0.39, 0.29) is 17.2 Å². The van der Waals surface area contributed by atoms with Crippen LogP contribution in [0.5, 0.6) is 0 Å². The van der Waals surface area contributed by atoms with Gasteiger partial charge in [-0.1, -0.05) is 0 Å². The molecule has 18 heavy (non-hydrogen) atoms. The summed E-state index contributed by atoms with van der Waals surface area (Å²) in [6.45, 7) is 1.99. The lowest BCUT2D eigenvalue weighted by molar-refractivity contribution is -0.141. The molecule has 98 valence electrons. The second kappa shape index (κ2) is 4.59. The highest BCUT2D eigenvalue weighted by molar-refractivity contribution is 5.95. The van der Waals surface area contributed by atoms with Crippen molar-refractivity contribution < 1.29 is 18.0 Å². The molecule has 0 spiro atoms. The highest BCUT2D eigenvalue weighted by Crippen LogP contribution is 2.29. The van der Waals surface area contributed by atoms with Crippen molar-refractivity contribution >= 4 is 5.91 Å². The normalized spacial score (nSPS) is 15.6. The second-order valence-corrected chi connectivity index (χ2v) is 4.48. The molecule has 1 aliphatic carbocycles. The van der Waals surface area contributed by atoms with E-state index in [0.717, 1.165) is 18.9 Å². The summed E-state index contributed by atoms with van der Waals surface area (Å²) in [6, 6.07) is 2.01.